The van der Waals surface area contributed by atoms with Crippen LogP contribution in [0.1, 0.15) is 11.1 Å². The number of rotatable bonds is 7. The van der Waals surface area contributed by atoms with Gasteiger partial charge in [-0.3, -0.25) is 0 Å². The molecule has 0 saturated carbocycles. The summed E-state index contributed by atoms with van der Waals surface area (Å²) in [6, 6.07) is 57.2. The van der Waals surface area contributed by atoms with Crippen LogP contribution in [0.5, 0.6) is 0 Å². The Kier molecular flexibility index (Phi) is 6.76. The molecule has 0 heterocycles. The first-order valence-corrected chi connectivity index (χ1v) is 16.6. The van der Waals surface area contributed by atoms with Crippen LogP contribution in [0, 0.1) is 0 Å². The Hall–Kier alpha value is -6.18. The van der Waals surface area contributed by atoms with E-state index in [1.54, 1.807) is 0 Å². The Morgan fingerprint density at radius 3 is 1.79 bits per heavy atom. The molecular weight excluding hydrogens is 579 g/mol. The molecule has 0 N–H and O–H groups in total. The summed E-state index contributed by atoms with van der Waals surface area (Å²) in [5, 5.41) is 2.52. The molecule has 0 radical (unpaired) electrons. The number of anilines is 2. The van der Waals surface area contributed by atoms with Crippen molar-refractivity contribution in [2.45, 2.75) is 0 Å². The molecular formula is C47H33N. The van der Waals surface area contributed by atoms with E-state index in [1.807, 2.05) is 0 Å². The maximum absolute atomic E-state index is 4.36. The number of allylic oxidation sites excluding steroid dienone is 4. The maximum Gasteiger partial charge on any atom is 0.0415 e. The first kappa shape index (κ1) is 28.1. The van der Waals surface area contributed by atoms with E-state index in [-0.39, 0.29) is 0 Å². The van der Waals surface area contributed by atoms with E-state index in [2.05, 4.69) is 187 Å². The molecule has 0 saturated heterocycles. The zero-order valence-corrected chi connectivity index (χ0v) is 26.6. The lowest BCUT2D eigenvalue weighted by Crippen LogP contribution is -2.16. The molecule has 2 aliphatic carbocycles. The predicted octanol–water partition coefficient (Wildman–Crippen LogP) is 12.6. The Balaban J connectivity index is 1.12. The highest BCUT2D eigenvalue weighted by atomic mass is 15.1. The van der Waals surface area contributed by atoms with Crippen LogP contribution in [0.2, 0.25) is 0 Å². The third kappa shape index (κ3) is 4.55. The third-order valence-electron chi connectivity index (χ3n) is 9.86. The van der Waals surface area contributed by atoms with Crippen LogP contribution in [-0.2, 0) is 0 Å². The smallest absolute Gasteiger partial charge is 0.0415 e. The molecule has 226 valence electrons. The van der Waals surface area contributed by atoms with Crippen LogP contribution in [0.3, 0.4) is 0 Å². The molecule has 0 fully saturated rings. The van der Waals surface area contributed by atoms with Gasteiger partial charge in [0, 0.05) is 17.9 Å². The number of para-hydroxylation sites is 1. The van der Waals surface area contributed by atoms with Crippen molar-refractivity contribution in [1.82, 2.24) is 0 Å². The van der Waals surface area contributed by atoms with Gasteiger partial charge in [-0.15, -0.1) is 0 Å². The highest BCUT2D eigenvalue weighted by molar-refractivity contribution is 6.17. The van der Waals surface area contributed by atoms with E-state index in [4.69, 9.17) is 0 Å². The van der Waals surface area contributed by atoms with Crippen molar-refractivity contribution < 1.29 is 0 Å². The van der Waals surface area contributed by atoms with Crippen LogP contribution >= 0.6 is 0 Å². The molecule has 48 heavy (non-hydrogen) atoms. The van der Waals surface area contributed by atoms with Gasteiger partial charge < -0.3 is 4.90 Å². The van der Waals surface area contributed by atoms with Gasteiger partial charge in [0.05, 0.1) is 0 Å². The Bertz CT molecular complexity index is 2430. The lowest BCUT2D eigenvalue weighted by atomic mass is 9.83. The molecule has 0 unspecified atom stereocenters. The normalized spacial score (nSPS) is 12.6. The molecule has 7 aromatic rings. The van der Waals surface area contributed by atoms with Gasteiger partial charge in [0.15, 0.2) is 0 Å². The van der Waals surface area contributed by atoms with Crippen molar-refractivity contribution in [2.24, 2.45) is 0 Å². The predicted molar refractivity (Wildman–Crippen MR) is 205 cm³/mol. The summed E-state index contributed by atoms with van der Waals surface area (Å²) in [6.45, 7) is 5.07. The summed E-state index contributed by atoms with van der Waals surface area (Å²) >= 11 is 0. The Morgan fingerprint density at radius 1 is 0.438 bits per heavy atom. The molecule has 0 spiro atoms. The topological polar surface area (TPSA) is 3.24 Å². The average Bonchev–Trinajstić information content (AvgIpc) is 3.25. The molecule has 1 nitrogen and oxygen atoms in total. The van der Waals surface area contributed by atoms with Crippen molar-refractivity contribution >= 4 is 33.3 Å². The molecule has 0 aliphatic heterocycles. The summed E-state index contributed by atoms with van der Waals surface area (Å²) in [4.78, 5) is 2.38. The fourth-order valence-electron chi connectivity index (χ4n) is 7.64. The molecule has 2 aliphatic rings. The minimum Gasteiger partial charge on any atom is -0.338 e. The van der Waals surface area contributed by atoms with E-state index in [0.29, 0.717) is 6.54 Å². The molecule has 0 aromatic heterocycles. The number of nitrogens with zero attached hydrogens (tertiary/aromatic N) is 1. The van der Waals surface area contributed by atoms with Crippen LogP contribution in [0.25, 0.3) is 66.4 Å². The molecule has 1 heteroatoms. The van der Waals surface area contributed by atoms with E-state index in [1.165, 1.54) is 77.6 Å². The van der Waals surface area contributed by atoms with E-state index < -0.39 is 0 Å². The van der Waals surface area contributed by atoms with Gasteiger partial charge in [0.1, 0.15) is 0 Å². The minimum atomic E-state index is 0.716. The summed E-state index contributed by atoms with van der Waals surface area (Å²) in [6.07, 6.45) is 6.68. The maximum atomic E-state index is 4.36. The van der Waals surface area contributed by atoms with E-state index >= 15 is 0 Å². The van der Waals surface area contributed by atoms with Crippen LogP contribution in [-0.4, -0.2) is 6.54 Å². The number of fused-ring (bicyclic) bond motifs is 3. The fraction of sp³-hybridized carbons (Fsp3) is 0.0213. The molecule has 0 atom stereocenters. The van der Waals surface area contributed by atoms with Crippen LogP contribution in [0.4, 0.5) is 11.4 Å². The van der Waals surface area contributed by atoms with Crippen molar-refractivity contribution in [3.63, 3.8) is 0 Å². The summed E-state index contributed by atoms with van der Waals surface area (Å²) in [5.74, 6) is 0. The summed E-state index contributed by atoms with van der Waals surface area (Å²) < 4.78 is 0. The van der Waals surface area contributed by atoms with Gasteiger partial charge in [-0.2, -0.15) is 0 Å². The van der Waals surface area contributed by atoms with Gasteiger partial charge in [-0.25, -0.2) is 0 Å². The average molecular weight is 612 g/mol. The van der Waals surface area contributed by atoms with Crippen LogP contribution < -0.4 is 4.90 Å². The van der Waals surface area contributed by atoms with Gasteiger partial charge in [0.2, 0.25) is 0 Å². The van der Waals surface area contributed by atoms with Crippen molar-refractivity contribution in [3.8, 4) is 44.5 Å². The fourth-order valence-corrected chi connectivity index (χ4v) is 7.64. The van der Waals surface area contributed by atoms with Gasteiger partial charge >= 0.3 is 0 Å². The number of hydrogen-bond acceptors (Lipinski definition) is 1. The quantitative estimate of drug-likeness (QED) is 0.173. The molecule has 7 aromatic carbocycles. The van der Waals surface area contributed by atoms with Crippen molar-refractivity contribution in [1.29, 1.82) is 0 Å². The first-order chi connectivity index (χ1) is 23.8. The lowest BCUT2D eigenvalue weighted by molar-refractivity contribution is 1.10. The second-order valence-corrected chi connectivity index (χ2v) is 12.5. The Labute approximate surface area is 282 Å². The Morgan fingerprint density at radius 2 is 1.02 bits per heavy atom. The molecule has 0 amide bonds. The number of benzene rings is 7. The van der Waals surface area contributed by atoms with Crippen molar-refractivity contribution in [2.75, 3.05) is 11.4 Å². The standard InChI is InChI=1S/C47H33N/c1-2-38-39(42-19-10-22-45-44-21-11-20-43(46(38)44)40-17-8-9-18-41(40)47(42)45)23-12-30-48(36-15-4-3-5-16-36)37-28-26-33(27-29-37)35-25-24-32-13-6-7-14-34(32)31-35/h2-29,31H,1,30H2/b23-12-. The zero-order valence-electron chi connectivity index (χ0n) is 26.6. The first-order valence-electron chi connectivity index (χ1n) is 16.6. The largest absolute Gasteiger partial charge is 0.338 e. The highest BCUT2D eigenvalue weighted by Crippen LogP contribution is 2.54. The van der Waals surface area contributed by atoms with Crippen LogP contribution in [0.15, 0.2) is 183 Å². The zero-order chi connectivity index (χ0) is 32.0. The third-order valence-corrected chi connectivity index (χ3v) is 9.86. The SMILES string of the molecule is C=CC1=C(/C=C\CN(c2ccccc2)c2ccc(-c3ccc4ccccc4c3)cc2)c2cccc3c2-c2ccccc2-c2cccc-3c21. The van der Waals surface area contributed by atoms with Gasteiger partial charge in [-0.1, -0.05) is 152 Å². The molecule has 6 bridgehead atoms. The highest BCUT2D eigenvalue weighted by Gasteiger charge is 2.30. The number of hydrogen-bond donors (Lipinski definition) is 0. The minimum absolute atomic E-state index is 0.716. The van der Waals surface area contributed by atoms with E-state index in [9.17, 15) is 0 Å². The van der Waals surface area contributed by atoms with Gasteiger partial charge in [0.25, 0.3) is 0 Å². The van der Waals surface area contributed by atoms with E-state index in [0.717, 1.165) is 11.4 Å². The second kappa shape index (κ2) is 11.6. The molecule has 9 rings (SSSR count). The summed E-state index contributed by atoms with van der Waals surface area (Å²) in [7, 11) is 0. The van der Waals surface area contributed by atoms with Gasteiger partial charge in [-0.05, 0) is 108 Å². The lowest BCUT2D eigenvalue weighted by Gasteiger charge is -2.24. The second-order valence-electron chi connectivity index (χ2n) is 12.5. The summed E-state index contributed by atoms with van der Waals surface area (Å²) in [5.41, 5.74) is 17.4. The monoisotopic (exact) mass is 611 g/mol. The van der Waals surface area contributed by atoms with Crippen molar-refractivity contribution in [3.05, 3.63) is 194 Å².